The Morgan fingerprint density at radius 1 is 1.21 bits per heavy atom. The van der Waals surface area contributed by atoms with Gasteiger partial charge in [0.15, 0.2) is 6.61 Å². The third-order valence-electron chi connectivity index (χ3n) is 5.28. The summed E-state index contributed by atoms with van der Waals surface area (Å²) in [5.41, 5.74) is -0.281. The van der Waals surface area contributed by atoms with Crippen molar-refractivity contribution in [3.05, 3.63) is 23.8 Å². The minimum Gasteiger partial charge on any atom is -0.507 e. The largest absolute Gasteiger partial charge is 0.507 e. The van der Waals surface area contributed by atoms with Crippen LogP contribution in [0.15, 0.2) is 23.1 Å². The predicted octanol–water partition coefficient (Wildman–Crippen LogP) is 2.37. The summed E-state index contributed by atoms with van der Waals surface area (Å²) in [6, 6.07) is 3.62. The summed E-state index contributed by atoms with van der Waals surface area (Å²) in [6.07, 6.45) is 3.76. The SMILES string of the molecule is CCC1CCCCN1C(=O)COC(=O)c1cc(S(=O)(=O)N(CC)CC)ccc1O. The molecule has 1 N–H and O–H groups in total. The fourth-order valence-electron chi connectivity index (χ4n) is 3.59. The number of hydrogen-bond donors (Lipinski definition) is 1. The molecule has 1 aromatic carbocycles. The van der Waals surface area contributed by atoms with Gasteiger partial charge in [-0.15, -0.1) is 0 Å². The van der Waals surface area contributed by atoms with Crippen LogP contribution in [0.1, 0.15) is 56.8 Å². The Balaban J connectivity index is 2.14. The van der Waals surface area contributed by atoms with E-state index >= 15 is 0 Å². The van der Waals surface area contributed by atoms with Crippen LogP contribution in [0, 0.1) is 0 Å². The fourth-order valence-corrected chi connectivity index (χ4v) is 5.08. The van der Waals surface area contributed by atoms with E-state index in [2.05, 4.69) is 0 Å². The number of piperidine rings is 1. The van der Waals surface area contributed by atoms with E-state index in [0.717, 1.165) is 37.8 Å². The minimum absolute atomic E-state index is 0.112. The maximum atomic E-state index is 12.7. The Morgan fingerprint density at radius 3 is 2.52 bits per heavy atom. The Hall–Kier alpha value is -2.13. The quantitative estimate of drug-likeness (QED) is 0.640. The summed E-state index contributed by atoms with van der Waals surface area (Å²) in [5, 5.41) is 10.0. The number of rotatable bonds is 8. The van der Waals surface area contributed by atoms with E-state index in [0.29, 0.717) is 6.54 Å². The smallest absolute Gasteiger partial charge is 0.342 e. The van der Waals surface area contributed by atoms with Gasteiger partial charge in [0.25, 0.3) is 5.91 Å². The monoisotopic (exact) mass is 426 g/mol. The third kappa shape index (κ3) is 5.27. The molecule has 162 valence electrons. The van der Waals surface area contributed by atoms with E-state index in [9.17, 15) is 23.1 Å². The van der Waals surface area contributed by atoms with E-state index in [-0.39, 0.29) is 35.5 Å². The molecule has 0 spiro atoms. The molecule has 8 nitrogen and oxygen atoms in total. The second-order valence-electron chi connectivity index (χ2n) is 6.99. The minimum atomic E-state index is -3.79. The highest BCUT2D eigenvalue weighted by atomic mass is 32.2. The number of carbonyl (C=O) groups is 2. The molecular weight excluding hydrogens is 396 g/mol. The van der Waals surface area contributed by atoms with Gasteiger partial charge in [-0.1, -0.05) is 20.8 Å². The number of sulfonamides is 1. The van der Waals surface area contributed by atoms with Gasteiger partial charge in [0.2, 0.25) is 10.0 Å². The maximum absolute atomic E-state index is 12.7. The van der Waals surface area contributed by atoms with Gasteiger partial charge in [-0.25, -0.2) is 13.2 Å². The molecule has 29 heavy (non-hydrogen) atoms. The summed E-state index contributed by atoms with van der Waals surface area (Å²) in [4.78, 5) is 26.5. The maximum Gasteiger partial charge on any atom is 0.342 e. The summed E-state index contributed by atoms with van der Waals surface area (Å²) < 4.78 is 31.7. The number of likely N-dealkylation sites (tertiary alicyclic amines) is 1. The van der Waals surface area contributed by atoms with Crippen LogP contribution in [0.2, 0.25) is 0 Å². The number of amides is 1. The van der Waals surface area contributed by atoms with Crippen LogP contribution in [0.3, 0.4) is 0 Å². The first-order valence-electron chi connectivity index (χ1n) is 10.1. The van der Waals surface area contributed by atoms with Gasteiger partial charge < -0.3 is 14.7 Å². The number of carbonyl (C=O) groups excluding carboxylic acids is 2. The van der Waals surface area contributed by atoms with Crippen molar-refractivity contribution < 1.29 is 27.9 Å². The highest BCUT2D eigenvalue weighted by Crippen LogP contribution is 2.25. The number of benzene rings is 1. The number of esters is 1. The third-order valence-corrected chi connectivity index (χ3v) is 7.32. The lowest BCUT2D eigenvalue weighted by molar-refractivity contribution is -0.138. The van der Waals surface area contributed by atoms with Gasteiger partial charge in [0.05, 0.1) is 4.90 Å². The van der Waals surface area contributed by atoms with Gasteiger partial charge in [0.1, 0.15) is 11.3 Å². The molecule has 0 aromatic heterocycles. The van der Waals surface area contributed by atoms with Crippen LogP contribution >= 0.6 is 0 Å². The molecule has 1 amide bonds. The molecule has 1 fully saturated rings. The summed E-state index contributed by atoms with van der Waals surface area (Å²) >= 11 is 0. The molecule has 0 aliphatic carbocycles. The van der Waals surface area contributed by atoms with Crippen LogP contribution in [-0.2, 0) is 19.6 Å². The van der Waals surface area contributed by atoms with Gasteiger partial charge >= 0.3 is 5.97 Å². The zero-order chi connectivity index (χ0) is 21.6. The van der Waals surface area contributed by atoms with Crippen LogP contribution in [0.5, 0.6) is 5.75 Å². The molecule has 1 aliphatic rings. The lowest BCUT2D eigenvalue weighted by Crippen LogP contribution is -2.45. The van der Waals surface area contributed by atoms with Crippen LogP contribution < -0.4 is 0 Å². The number of phenols is 1. The van der Waals surface area contributed by atoms with E-state index in [1.807, 2.05) is 6.92 Å². The number of aromatic hydroxyl groups is 1. The Morgan fingerprint density at radius 2 is 1.90 bits per heavy atom. The molecule has 1 heterocycles. The summed E-state index contributed by atoms with van der Waals surface area (Å²) in [6.45, 7) is 6.20. The number of phenolic OH excluding ortho intramolecular Hbond substituents is 1. The molecule has 1 aliphatic heterocycles. The van der Waals surface area contributed by atoms with Crippen molar-refractivity contribution in [3.8, 4) is 5.75 Å². The molecular formula is C20H30N2O6S. The average molecular weight is 427 g/mol. The van der Waals surface area contributed by atoms with Gasteiger partial charge in [0, 0.05) is 25.7 Å². The van der Waals surface area contributed by atoms with Crippen LogP contribution in [0.25, 0.3) is 0 Å². The lowest BCUT2D eigenvalue weighted by Gasteiger charge is -2.35. The van der Waals surface area contributed by atoms with Crippen molar-refractivity contribution in [2.24, 2.45) is 0 Å². The van der Waals surface area contributed by atoms with Crippen molar-refractivity contribution in [3.63, 3.8) is 0 Å². The number of nitrogens with zero attached hydrogens (tertiary/aromatic N) is 2. The molecule has 1 atom stereocenters. The van der Waals surface area contributed by atoms with Gasteiger partial charge in [-0.05, 0) is 43.9 Å². The van der Waals surface area contributed by atoms with Crippen LogP contribution in [-0.4, -0.2) is 66.9 Å². The van der Waals surface area contributed by atoms with Crippen molar-refractivity contribution in [1.29, 1.82) is 0 Å². The second kappa shape index (κ2) is 10.1. The Labute approximate surface area is 172 Å². The Bertz CT molecular complexity index is 835. The van der Waals surface area contributed by atoms with E-state index in [1.165, 1.54) is 10.4 Å². The molecule has 2 rings (SSSR count). The zero-order valence-corrected chi connectivity index (χ0v) is 18.1. The summed E-state index contributed by atoms with van der Waals surface area (Å²) in [7, 11) is -3.79. The van der Waals surface area contributed by atoms with Gasteiger partial charge in [-0.3, -0.25) is 4.79 Å². The normalized spacial score (nSPS) is 17.4. The first-order chi connectivity index (χ1) is 13.8. The summed E-state index contributed by atoms with van der Waals surface area (Å²) in [5.74, 6) is -1.61. The van der Waals surface area contributed by atoms with Gasteiger partial charge in [-0.2, -0.15) is 4.31 Å². The number of hydrogen-bond acceptors (Lipinski definition) is 6. The van der Waals surface area contributed by atoms with Crippen molar-refractivity contribution in [2.75, 3.05) is 26.2 Å². The van der Waals surface area contributed by atoms with E-state index in [4.69, 9.17) is 4.74 Å². The topological polar surface area (TPSA) is 104 Å². The lowest BCUT2D eigenvalue weighted by atomic mass is 10.00. The van der Waals surface area contributed by atoms with Crippen molar-refractivity contribution >= 4 is 21.9 Å². The molecule has 0 saturated carbocycles. The molecule has 0 bridgehead atoms. The number of ether oxygens (including phenoxy) is 1. The van der Waals surface area contributed by atoms with E-state index in [1.54, 1.807) is 18.7 Å². The molecule has 9 heteroatoms. The van der Waals surface area contributed by atoms with Crippen molar-refractivity contribution in [1.82, 2.24) is 9.21 Å². The van der Waals surface area contributed by atoms with Crippen LogP contribution in [0.4, 0.5) is 0 Å². The highest BCUT2D eigenvalue weighted by molar-refractivity contribution is 7.89. The zero-order valence-electron chi connectivity index (χ0n) is 17.3. The van der Waals surface area contributed by atoms with E-state index < -0.39 is 28.3 Å². The highest BCUT2D eigenvalue weighted by Gasteiger charge is 2.28. The standard InChI is InChI=1S/C20H30N2O6S/c1-4-15-9-7-8-12-22(15)19(24)14-28-20(25)17-13-16(10-11-18(17)23)29(26,27)21(5-2)6-3/h10-11,13,15,23H,4-9,12,14H2,1-3H3. The predicted molar refractivity (Wildman–Crippen MR) is 108 cm³/mol. The molecule has 0 radical (unpaired) electrons. The Kier molecular flexibility index (Phi) is 8.04. The molecule has 1 aromatic rings. The fraction of sp³-hybridized carbons (Fsp3) is 0.600. The molecule has 1 saturated heterocycles. The second-order valence-corrected chi connectivity index (χ2v) is 8.93. The average Bonchev–Trinajstić information content (AvgIpc) is 2.72. The first kappa shape index (κ1) is 23.2. The van der Waals surface area contributed by atoms with Crippen molar-refractivity contribution in [2.45, 2.75) is 57.4 Å². The first-order valence-corrected chi connectivity index (χ1v) is 11.5. The molecule has 1 unspecified atom stereocenters.